The van der Waals surface area contributed by atoms with E-state index in [1.807, 2.05) is 6.92 Å². The van der Waals surface area contributed by atoms with E-state index in [4.69, 9.17) is 4.98 Å². The van der Waals surface area contributed by atoms with Gasteiger partial charge in [0, 0.05) is 36.4 Å². The number of aryl methyl sites for hydroxylation is 2. The Hall–Kier alpha value is -1.16. The van der Waals surface area contributed by atoms with Gasteiger partial charge >= 0.3 is 0 Å². The van der Waals surface area contributed by atoms with Gasteiger partial charge in [0.15, 0.2) is 0 Å². The van der Waals surface area contributed by atoms with Crippen molar-refractivity contribution in [1.82, 2.24) is 14.9 Å². The number of anilines is 1. The molecule has 2 fully saturated rings. The topological polar surface area (TPSA) is 32.3 Å². The van der Waals surface area contributed by atoms with Crippen LogP contribution in [0, 0.1) is 20.8 Å². The lowest BCUT2D eigenvalue weighted by Crippen LogP contribution is -2.46. The minimum Gasteiger partial charge on any atom is -0.356 e. The molecule has 116 valence electrons. The maximum Gasteiger partial charge on any atom is 0.135 e. The fourth-order valence-electron chi connectivity index (χ4n) is 3.97. The Bertz CT molecular complexity index is 506. The van der Waals surface area contributed by atoms with Crippen LogP contribution in [0.1, 0.15) is 49.7 Å². The van der Waals surface area contributed by atoms with E-state index in [-0.39, 0.29) is 0 Å². The summed E-state index contributed by atoms with van der Waals surface area (Å²) in [7, 11) is 0. The summed E-state index contributed by atoms with van der Waals surface area (Å²) in [4.78, 5) is 14.4. The lowest BCUT2D eigenvalue weighted by atomic mass is 10.0. The van der Waals surface area contributed by atoms with Crippen LogP contribution in [-0.4, -0.2) is 46.6 Å². The second-order valence-corrected chi connectivity index (χ2v) is 6.75. The van der Waals surface area contributed by atoms with Gasteiger partial charge in [-0.2, -0.15) is 0 Å². The molecule has 1 aromatic rings. The first kappa shape index (κ1) is 14.8. The molecule has 0 aromatic carbocycles. The van der Waals surface area contributed by atoms with Gasteiger partial charge in [0.25, 0.3) is 0 Å². The summed E-state index contributed by atoms with van der Waals surface area (Å²) >= 11 is 0. The standard InChI is InChI=1S/C17H28N4/c1-12-6-5-9-21(12)16-7-10-20(11-8-16)17-13(2)14(3)18-15(4)19-17/h12,16H,5-11H2,1-4H3. The lowest BCUT2D eigenvalue weighted by molar-refractivity contribution is 0.163. The molecule has 0 bridgehead atoms. The number of rotatable bonds is 2. The van der Waals surface area contributed by atoms with Gasteiger partial charge in [-0.3, -0.25) is 4.90 Å². The van der Waals surface area contributed by atoms with E-state index in [0.29, 0.717) is 0 Å². The summed E-state index contributed by atoms with van der Waals surface area (Å²) in [6.45, 7) is 12.2. The number of hydrogen-bond donors (Lipinski definition) is 0. The average Bonchev–Trinajstić information content (AvgIpc) is 2.89. The van der Waals surface area contributed by atoms with E-state index < -0.39 is 0 Å². The summed E-state index contributed by atoms with van der Waals surface area (Å²) < 4.78 is 0. The maximum atomic E-state index is 4.70. The largest absolute Gasteiger partial charge is 0.356 e. The van der Waals surface area contributed by atoms with E-state index >= 15 is 0 Å². The third-order valence-corrected chi connectivity index (χ3v) is 5.31. The Labute approximate surface area is 128 Å². The summed E-state index contributed by atoms with van der Waals surface area (Å²) in [6, 6.07) is 1.56. The summed E-state index contributed by atoms with van der Waals surface area (Å²) in [5.41, 5.74) is 2.36. The molecule has 2 aliphatic heterocycles. The molecule has 4 heteroatoms. The molecule has 2 saturated heterocycles. The molecule has 0 N–H and O–H groups in total. The number of nitrogens with zero attached hydrogens (tertiary/aromatic N) is 4. The van der Waals surface area contributed by atoms with Crippen LogP contribution in [0.4, 0.5) is 5.82 Å². The van der Waals surface area contributed by atoms with Crippen molar-refractivity contribution in [1.29, 1.82) is 0 Å². The van der Waals surface area contributed by atoms with Crippen molar-refractivity contribution in [3.05, 3.63) is 17.1 Å². The second-order valence-electron chi connectivity index (χ2n) is 6.75. The van der Waals surface area contributed by atoms with Crippen LogP contribution in [-0.2, 0) is 0 Å². The van der Waals surface area contributed by atoms with Gasteiger partial charge in [-0.05, 0) is 59.9 Å². The Morgan fingerprint density at radius 2 is 1.67 bits per heavy atom. The van der Waals surface area contributed by atoms with Crippen LogP contribution in [0.15, 0.2) is 0 Å². The Morgan fingerprint density at radius 1 is 0.952 bits per heavy atom. The molecule has 0 saturated carbocycles. The molecule has 3 rings (SSSR count). The fraction of sp³-hybridized carbons (Fsp3) is 0.765. The van der Waals surface area contributed by atoms with Gasteiger partial charge in [0.2, 0.25) is 0 Å². The summed E-state index contributed by atoms with van der Waals surface area (Å²) in [5.74, 6) is 2.05. The van der Waals surface area contributed by atoms with E-state index in [9.17, 15) is 0 Å². The minimum atomic E-state index is 0.781. The molecular weight excluding hydrogens is 260 g/mol. The van der Waals surface area contributed by atoms with Crippen molar-refractivity contribution in [3.63, 3.8) is 0 Å². The van der Waals surface area contributed by atoms with E-state index in [1.54, 1.807) is 0 Å². The van der Waals surface area contributed by atoms with E-state index in [0.717, 1.165) is 42.5 Å². The molecule has 0 spiro atoms. The summed E-state index contributed by atoms with van der Waals surface area (Å²) in [5, 5.41) is 0. The zero-order valence-electron chi connectivity index (χ0n) is 13.9. The smallest absolute Gasteiger partial charge is 0.135 e. The van der Waals surface area contributed by atoms with Crippen molar-refractivity contribution >= 4 is 5.82 Å². The van der Waals surface area contributed by atoms with Crippen molar-refractivity contribution in [2.75, 3.05) is 24.5 Å². The maximum absolute atomic E-state index is 4.70. The van der Waals surface area contributed by atoms with Gasteiger partial charge in [-0.1, -0.05) is 0 Å². The van der Waals surface area contributed by atoms with Crippen molar-refractivity contribution < 1.29 is 0 Å². The molecule has 1 atom stereocenters. The van der Waals surface area contributed by atoms with Gasteiger partial charge in [-0.25, -0.2) is 9.97 Å². The molecule has 21 heavy (non-hydrogen) atoms. The first-order valence-electron chi connectivity index (χ1n) is 8.39. The third-order valence-electron chi connectivity index (χ3n) is 5.31. The van der Waals surface area contributed by atoms with Crippen molar-refractivity contribution in [2.45, 2.75) is 65.5 Å². The van der Waals surface area contributed by atoms with Crippen molar-refractivity contribution in [3.8, 4) is 0 Å². The molecule has 3 heterocycles. The average molecular weight is 288 g/mol. The molecule has 0 amide bonds. The van der Waals surface area contributed by atoms with Gasteiger partial charge in [0.1, 0.15) is 11.6 Å². The monoisotopic (exact) mass is 288 g/mol. The molecule has 0 aliphatic carbocycles. The molecule has 2 aliphatic rings. The number of piperidine rings is 1. The highest BCUT2D eigenvalue weighted by Crippen LogP contribution is 2.28. The minimum absolute atomic E-state index is 0.781. The predicted octanol–water partition coefficient (Wildman–Crippen LogP) is 2.85. The number of likely N-dealkylation sites (tertiary alicyclic amines) is 1. The van der Waals surface area contributed by atoms with Crippen LogP contribution in [0.2, 0.25) is 0 Å². The van der Waals surface area contributed by atoms with Gasteiger partial charge in [0.05, 0.1) is 0 Å². The van der Waals surface area contributed by atoms with Crippen LogP contribution in [0.5, 0.6) is 0 Å². The highest BCUT2D eigenvalue weighted by atomic mass is 15.3. The first-order valence-corrected chi connectivity index (χ1v) is 8.39. The highest BCUT2D eigenvalue weighted by Gasteiger charge is 2.31. The van der Waals surface area contributed by atoms with E-state index in [1.165, 1.54) is 37.8 Å². The molecule has 4 nitrogen and oxygen atoms in total. The van der Waals surface area contributed by atoms with Crippen LogP contribution >= 0.6 is 0 Å². The van der Waals surface area contributed by atoms with E-state index in [2.05, 4.69) is 35.6 Å². The Balaban J connectivity index is 1.68. The van der Waals surface area contributed by atoms with Gasteiger partial charge in [-0.15, -0.1) is 0 Å². The number of hydrogen-bond acceptors (Lipinski definition) is 4. The SMILES string of the molecule is Cc1nc(C)c(C)c(N2CCC(N3CCCC3C)CC2)n1. The summed E-state index contributed by atoms with van der Waals surface area (Å²) in [6.07, 6.45) is 5.30. The van der Waals surface area contributed by atoms with Crippen LogP contribution in [0.3, 0.4) is 0 Å². The third kappa shape index (κ3) is 2.91. The highest BCUT2D eigenvalue weighted by molar-refractivity contribution is 5.48. The number of aromatic nitrogens is 2. The lowest BCUT2D eigenvalue weighted by Gasteiger charge is -2.39. The normalized spacial score (nSPS) is 24.8. The van der Waals surface area contributed by atoms with Crippen molar-refractivity contribution in [2.24, 2.45) is 0 Å². The first-order chi connectivity index (χ1) is 10.1. The van der Waals surface area contributed by atoms with Crippen LogP contribution < -0.4 is 4.90 Å². The molecule has 1 aromatic heterocycles. The molecular formula is C17H28N4. The quantitative estimate of drug-likeness (QED) is 0.837. The zero-order valence-corrected chi connectivity index (χ0v) is 13.9. The Kier molecular flexibility index (Phi) is 4.16. The molecule has 1 unspecified atom stereocenters. The fourth-order valence-corrected chi connectivity index (χ4v) is 3.97. The Morgan fingerprint density at radius 3 is 2.29 bits per heavy atom. The van der Waals surface area contributed by atoms with Crippen LogP contribution in [0.25, 0.3) is 0 Å². The predicted molar refractivity (Wildman–Crippen MR) is 86.9 cm³/mol. The second kappa shape index (κ2) is 5.91. The zero-order chi connectivity index (χ0) is 15.0. The molecule has 0 radical (unpaired) electrons. The van der Waals surface area contributed by atoms with Gasteiger partial charge < -0.3 is 4.90 Å².